The maximum atomic E-state index is 5.84. The molecule has 0 aliphatic heterocycles. The number of hydrogen-bond donors (Lipinski definition) is 1. The average Bonchev–Trinajstić information content (AvgIpc) is 2.98. The first kappa shape index (κ1) is 12.6. The quantitative estimate of drug-likeness (QED) is 0.792. The Morgan fingerprint density at radius 1 is 1.40 bits per heavy atom. The monoisotopic (exact) mass is 271 g/mol. The predicted octanol–water partition coefficient (Wildman–Crippen LogP) is 3.10. The third kappa shape index (κ3) is 2.22. The topological polar surface area (TPSA) is 52.2 Å². The summed E-state index contributed by atoms with van der Waals surface area (Å²) in [6.45, 7) is 2.59. The number of methoxy groups -OCH3 is 1. The molecule has 0 bridgehead atoms. The Labute approximate surface area is 117 Å². The molecule has 0 saturated heterocycles. The Balaban J connectivity index is 1.83. The van der Waals surface area contributed by atoms with Crippen molar-refractivity contribution < 1.29 is 9.15 Å². The van der Waals surface area contributed by atoms with Crippen LogP contribution in [0.5, 0.6) is 5.75 Å². The van der Waals surface area contributed by atoms with Gasteiger partial charge in [0.15, 0.2) is 11.3 Å². The number of nitrogens with zero attached hydrogens (tertiary/aromatic N) is 2. The van der Waals surface area contributed by atoms with Crippen LogP contribution in [0.3, 0.4) is 0 Å². The van der Waals surface area contributed by atoms with E-state index in [1.165, 1.54) is 0 Å². The normalized spacial score (nSPS) is 10.9. The molecule has 20 heavy (non-hydrogen) atoms. The lowest BCUT2D eigenvalue weighted by Crippen LogP contribution is -1.98. The zero-order valence-corrected chi connectivity index (χ0v) is 11.8. The lowest BCUT2D eigenvalue weighted by Gasteiger charge is -2.01. The van der Waals surface area contributed by atoms with Crippen LogP contribution in [0.4, 0.5) is 5.69 Å². The van der Waals surface area contributed by atoms with Gasteiger partial charge in [0.1, 0.15) is 5.76 Å². The standard InChI is InChI=1S/C15H17N3O2/c1-10-13(9-18(2)17-10)16-8-12-7-11-5-4-6-14(19-3)15(11)20-12/h4-7,9,16H,8H2,1-3H3. The molecule has 5 heteroatoms. The second-order valence-corrected chi connectivity index (χ2v) is 4.75. The second kappa shape index (κ2) is 4.92. The molecule has 0 unspecified atom stereocenters. The van der Waals surface area contributed by atoms with E-state index in [1.54, 1.807) is 11.8 Å². The molecule has 0 fully saturated rings. The Hall–Kier alpha value is -2.43. The number of hydrogen-bond acceptors (Lipinski definition) is 4. The van der Waals surface area contributed by atoms with Crippen LogP contribution in [-0.4, -0.2) is 16.9 Å². The van der Waals surface area contributed by atoms with E-state index in [-0.39, 0.29) is 0 Å². The zero-order chi connectivity index (χ0) is 14.1. The second-order valence-electron chi connectivity index (χ2n) is 4.75. The van der Waals surface area contributed by atoms with Gasteiger partial charge >= 0.3 is 0 Å². The van der Waals surface area contributed by atoms with Crippen LogP contribution in [0.1, 0.15) is 11.5 Å². The minimum absolute atomic E-state index is 0.615. The number of anilines is 1. The van der Waals surface area contributed by atoms with E-state index in [4.69, 9.17) is 9.15 Å². The number of aromatic nitrogens is 2. The fourth-order valence-electron chi connectivity index (χ4n) is 2.29. The van der Waals surface area contributed by atoms with Crippen molar-refractivity contribution in [2.24, 2.45) is 7.05 Å². The van der Waals surface area contributed by atoms with Gasteiger partial charge in [-0.25, -0.2) is 0 Å². The number of benzene rings is 1. The summed E-state index contributed by atoms with van der Waals surface area (Å²) in [5.41, 5.74) is 2.77. The number of rotatable bonds is 4. The molecule has 5 nitrogen and oxygen atoms in total. The van der Waals surface area contributed by atoms with Crippen molar-refractivity contribution in [2.75, 3.05) is 12.4 Å². The average molecular weight is 271 g/mol. The SMILES string of the molecule is COc1cccc2cc(CNc3cn(C)nc3C)oc12. The van der Waals surface area contributed by atoms with E-state index in [2.05, 4.69) is 10.4 Å². The van der Waals surface area contributed by atoms with Crippen LogP contribution in [0.15, 0.2) is 34.9 Å². The molecule has 0 aliphatic rings. The van der Waals surface area contributed by atoms with E-state index < -0.39 is 0 Å². The van der Waals surface area contributed by atoms with Crippen molar-refractivity contribution >= 4 is 16.7 Å². The molecule has 0 saturated carbocycles. The number of furan rings is 1. The van der Waals surface area contributed by atoms with Crippen LogP contribution in [0.2, 0.25) is 0 Å². The molecule has 104 valence electrons. The van der Waals surface area contributed by atoms with Crippen LogP contribution in [-0.2, 0) is 13.6 Å². The smallest absolute Gasteiger partial charge is 0.176 e. The summed E-state index contributed by atoms with van der Waals surface area (Å²) < 4.78 is 12.9. The molecule has 1 aromatic carbocycles. The van der Waals surface area contributed by atoms with Gasteiger partial charge in [0.25, 0.3) is 0 Å². The highest BCUT2D eigenvalue weighted by Crippen LogP contribution is 2.28. The first-order chi connectivity index (χ1) is 9.67. The summed E-state index contributed by atoms with van der Waals surface area (Å²) in [6, 6.07) is 7.89. The van der Waals surface area contributed by atoms with Crippen LogP contribution >= 0.6 is 0 Å². The van der Waals surface area contributed by atoms with Gasteiger partial charge in [0, 0.05) is 18.6 Å². The molecule has 0 amide bonds. The van der Waals surface area contributed by atoms with E-state index in [0.29, 0.717) is 6.54 Å². The third-order valence-electron chi connectivity index (χ3n) is 3.25. The predicted molar refractivity (Wildman–Crippen MR) is 78.0 cm³/mol. The van der Waals surface area contributed by atoms with E-state index in [9.17, 15) is 0 Å². The first-order valence-electron chi connectivity index (χ1n) is 6.47. The van der Waals surface area contributed by atoms with Gasteiger partial charge in [-0.2, -0.15) is 5.10 Å². The Kier molecular flexibility index (Phi) is 3.10. The first-order valence-corrected chi connectivity index (χ1v) is 6.47. The Morgan fingerprint density at radius 2 is 2.25 bits per heavy atom. The summed E-state index contributed by atoms with van der Waals surface area (Å²) in [6.07, 6.45) is 1.96. The van der Waals surface area contributed by atoms with Crippen molar-refractivity contribution in [1.29, 1.82) is 0 Å². The molecule has 0 spiro atoms. The fraction of sp³-hybridized carbons (Fsp3) is 0.267. The van der Waals surface area contributed by atoms with Gasteiger partial charge in [0.2, 0.25) is 0 Å². The molecule has 2 heterocycles. The van der Waals surface area contributed by atoms with E-state index >= 15 is 0 Å². The van der Waals surface area contributed by atoms with Crippen molar-refractivity contribution in [2.45, 2.75) is 13.5 Å². The molecule has 3 rings (SSSR count). The third-order valence-corrected chi connectivity index (χ3v) is 3.25. The molecule has 0 aliphatic carbocycles. The van der Waals surface area contributed by atoms with Crippen LogP contribution in [0, 0.1) is 6.92 Å². The van der Waals surface area contributed by atoms with Gasteiger partial charge in [-0.15, -0.1) is 0 Å². The molecule has 2 aromatic heterocycles. The van der Waals surface area contributed by atoms with Crippen LogP contribution < -0.4 is 10.1 Å². The molecular weight excluding hydrogens is 254 g/mol. The van der Waals surface area contributed by atoms with Gasteiger partial charge in [-0.05, 0) is 19.1 Å². The minimum atomic E-state index is 0.615. The van der Waals surface area contributed by atoms with Gasteiger partial charge in [-0.1, -0.05) is 12.1 Å². The molecule has 0 radical (unpaired) electrons. The number of nitrogens with one attached hydrogen (secondary N) is 1. The highest BCUT2D eigenvalue weighted by atomic mass is 16.5. The fourth-order valence-corrected chi connectivity index (χ4v) is 2.29. The zero-order valence-electron chi connectivity index (χ0n) is 11.8. The summed E-state index contributed by atoms with van der Waals surface area (Å²) in [5.74, 6) is 1.62. The van der Waals surface area contributed by atoms with Crippen molar-refractivity contribution in [3.05, 3.63) is 41.9 Å². The van der Waals surface area contributed by atoms with Crippen molar-refractivity contribution in [1.82, 2.24) is 9.78 Å². The summed E-state index contributed by atoms with van der Waals surface area (Å²) >= 11 is 0. The summed E-state index contributed by atoms with van der Waals surface area (Å²) in [7, 11) is 3.55. The maximum absolute atomic E-state index is 5.84. The molecule has 3 aromatic rings. The molecule has 1 N–H and O–H groups in total. The number of fused-ring (bicyclic) bond motifs is 1. The van der Waals surface area contributed by atoms with Gasteiger partial charge in [0.05, 0.1) is 25.0 Å². The minimum Gasteiger partial charge on any atom is -0.493 e. The van der Waals surface area contributed by atoms with Crippen molar-refractivity contribution in [3.63, 3.8) is 0 Å². The lowest BCUT2D eigenvalue weighted by atomic mass is 10.2. The van der Waals surface area contributed by atoms with Gasteiger partial charge in [-0.3, -0.25) is 4.68 Å². The largest absolute Gasteiger partial charge is 0.493 e. The molecule has 0 atom stereocenters. The number of para-hydroxylation sites is 1. The number of ether oxygens (including phenoxy) is 1. The highest BCUT2D eigenvalue weighted by molar-refractivity contribution is 5.83. The summed E-state index contributed by atoms with van der Waals surface area (Å²) in [4.78, 5) is 0. The highest BCUT2D eigenvalue weighted by Gasteiger charge is 2.09. The van der Waals surface area contributed by atoms with Gasteiger partial charge < -0.3 is 14.5 Å². The van der Waals surface area contributed by atoms with Crippen molar-refractivity contribution in [3.8, 4) is 5.75 Å². The Bertz CT molecular complexity index is 743. The summed E-state index contributed by atoms with van der Waals surface area (Å²) in [5, 5.41) is 8.67. The number of aryl methyl sites for hydroxylation is 2. The maximum Gasteiger partial charge on any atom is 0.176 e. The molecular formula is C15H17N3O2. The van der Waals surface area contributed by atoms with E-state index in [1.807, 2.05) is 44.4 Å². The Morgan fingerprint density at radius 3 is 2.95 bits per heavy atom. The van der Waals surface area contributed by atoms with E-state index in [0.717, 1.165) is 33.9 Å². The van der Waals surface area contributed by atoms with Crippen LogP contribution in [0.25, 0.3) is 11.0 Å². The lowest BCUT2D eigenvalue weighted by molar-refractivity contribution is 0.408.